The first-order chi connectivity index (χ1) is 4.79. The van der Waals surface area contributed by atoms with Gasteiger partial charge in [-0.05, 0) is 10.8 Å². The topological polar surface area (TPSA) is 43.1 Å². The molecule has 1 rings (SSSR count). The van der Waals surface area contributed by atoms with Crippen LogP contribution in [0.2, 0.25) is 0 Å². The standard InChI is InChI=1S/C6H9NO2S/c8-7(9)3-6-10-4-1-2-5-10/h1-2,4-5,10H,3,6H2. The van der Waals surface area contributed by atoms with Crippen molar-refractivity contribution in [3.8, 4) is 0 Å². The summed E-state index contributed by atoms with van der Waals surface area (Å²) < 4.78 is 0. The van der Waals surface area contributed by atoms with Gasteiger partial charge in [-0.1, -0.05) is 12.2 Å². The number of nitrogens with zero attached hydrogens (tertiary/aromatic N) is 1. The van der Waals surface area contributed by atoms with Crippen molar-refractivity contribution >= 4 is 10.9 Å². The summed E-state index contributed by atoms with van der Waals surface area (Å²) in [5.41, 5.74) is 0. The summed E-state index contributed by atoms with van der Waals surface area (Å²) in [6, 6.07) is 0. The summed E-state index contributed by atoms with van der Waals surface area (Å²) in [6.45, 7) is 0.0976. The van der Waals surface area contributed by atoms with Crippen LogP contribution in [-0.2, 0) is 0 Å². The van der Waals surface area contributed by atoms with Crippen LogP contribution in [0.4, 0.5) is 0 Å². The summed E-state index contributed by atoms with van der Waals surface area (Å²) in [5.74, 6) is 0.690. The molecule has 10 heavy (non-hydrogen) atoms. The molecule has 0 amide bonds. The lowest BCUT2D eigenvalue weighted by molar-refractivity contribution is -0.474. The predicted octanol–water partition coefficient (Wildman–Crippen LogP) is 1.31. The van der Waals surface area contributed by atoms with Gasteiger partial charge < -0.3 is 0 Å². The van der Waals surface area contributed by atoms with Gasteiger partial charge in [0.2, 0.25) is 6.54 Å². The minimum atomic E-state index is -0.280. The van der Waals surface area contributed by atoms with E-state index < -0.39 is 0 Å². The average molecular weight is 159 g/mol. The molecule has 0 saturated carbocycles. The highest BCUT2D eigenvalue weighted by molar-refractivity contribution is 8.22. The van der Waals surface area contributed by atoms with Crippen molar-refractivity contribution in [3.63, 3.8) is 0 Å². The lowest BCUT2D eigenvalue weighted by atomic mass is 10.6. The molecule has 3 nitrogen and oxygen atoms in total. The van der Waals surface area contributed by atoms with Crippen molar-refractivity contribution in [1.29, 1.82) is 0 Å². The Morgan fingerprint density at radius 3 is 2.50 bits per heavy atom. The van der Waals surface area contributed by atoms with Crippen molar-refractivity contribution in [2.75, 3.05) is 12.3 Å². The summed E-state index contributed by atoms with van der Waals surface area (Å²) in [4.78, 5) is 9.66. The van der Waals surface area contributed by atoms with Gasteiger partial charge in [0.25, 0.3) is 0 Å². The molecule has 0 aliphatic carbocycles. The Morgan fingerprint density at radius 2 is 2.00 bits per heavy atom. The summed E-state index contributed by atoms with van der Waals surface area (Å²) in [6.07, 6.45) is 3.90. The highest BCUT2D eigenvalue weighted by atomic mass is 32.2. The molecule has 0 saturated heterocycles. The van der Waals surface area contributed by atoms with Gasteiger partial charge in [-0.3, -0.25) is 10.1 Å². The lowest BCUT2D eigenvalue weighted by Crippen LogP contribution is -2.04. The van der Waals surface area contributed by atoms with Crippen molar-refractivity contribution in [3.05, 3.63) is 33.1 Å². The van der Waals surface area contributed by atoms with Gasteiger partial charge in [-0.2, -0.15) is 0 Å². The van der Waals surface area contributed by atoms with E-state index >= 15 is 0 Å². The Balaban J connectivity index is 2.20. The highest BCUT2D eigenvalue weighted by Gasteiger charge is 2.02. The first-order valence-electron chi connectivity index (χ1n) is 3.01. The summed E-state index contributed by atoms with van der Waals surface area (Å²) in [5, 5.41) is 14.0. The molecule has 0 aromatic rings. The maximum atomic E-state index is 9.92. The van der Waals surface area contributed by atoms with Crippen LogP contribution in [0.25, 0.3) is 0 Å². The zero-order chi connectivity index (χ0) is 7.40. The highest BCUT2D eigenvalue weighted by Crippen LogP contribution is 2.31. The Hall–Kier alpha value is -0.770. The van der Waals surface area contributed by atoms with Gasteiger partial charge in [0.15, 0.2) is 0 Å². The molecule has 1 aliphatic heterocycles. The van der Waals surface area contributed by atoms with E-state index in [4.69, 9.17) is 0 Å². The number of allylic oxidation sites excluding steroid dienone is 2. The Kier molecular flexibility index (Phi) is 2.50. The largest absolute Gasteiger partial charge is 0.265 e. The van der Waals surface area contributed by atoms with Crippen molar-refractivity contribution in [1.82, 2.24) is 0 Å². The number of nitro groups is 1. The van der Waals surface area contributed by atoms with E-state index in [2.05, 4.69) is 0 Å². The van der Waals surface area contributed by atoms with Crippen molar-refractivity contribution in [2.45, 2.75) is 0 Å². The van der Waals surface area contributed by atoms with E-state index in [9.17, 15) is 10.1 Å². The first kappa shape index (κ1) is 7.34. The van der Waals surface area contributed by atoms with Crippen LogP contribution >= 0.6 is 10.9 Å². The van der Waals surface area contributed by atoms with Crippen molar-refractivity contribution < 1.29 is 4.92 Å². The molecule has 0 fully saturated rings. The maximum absolute atomic E-state index is 9.92. The molecular formula is C6H9NO2S. The minimum Gasteiger partial charge on any atom is -0.265 e. The van der Waals surface area contributed by atoms with Gasteiger partial charge in [0.1, 0.15) is 0 Å². The van der Waals surface area contributed by atoms with Crippen LogP contribution in [0.5, 0.6) is 0 Å². The predicted molar refractivity (Wildman–Crippen MR) is 44.0 cm³/mol. The van der Waals surface area contributed by atoms with E-state index in [0.717, 1.165) is 0 Å². The Bertz CT molecular complexity index is 176. The van der Waals surface area contributed by atoms with Gasteiger partial charge in [0, 0.05) is 10.7 Å². The van der Waals surface area contributed by atoms with Crippen LogP contribution in [-0.4, -0.2) is 17.2 Å². The number of hydrogen-bond donors (Lipinski definition) is 1. The van der Waals surface area contributed by atoms with Gasteiger partial charge in [-0.15, -0.1) is 0 Å². The fourth-order valence-electron chi connectivity index (χ4n) is 0.716. The minimum absolute atomic E-state index is 0.0976. The second-order valence-electron chi connectivity index (χ2n) is 1.98. The zero-order valence-electron chi connectivity index (χ0n) is 5.43. The van der Waals surface area contributed by atoms with E-state index in [1.54, 1.807) is 0 Å². The fourth-order valence-corrected chi connectivity index (χ4v) is 2.15. The van der Waals surface area contributed by atoms with Crippen LogP contribution in [0.15, 0.2) is 23.0 Å². The average Bonchev–Trinajstić information content (AvgIpc) is 2.34. The van der Waals surface area contributed by atoms with Crippen LogP contribution in [0.3, 0.4) is 0 Å². The third kappa shape index (κ3) is 2.23. The molecule has 56 valence electrons. The molecule has 0 bridgehead atoms. The monoisotopic (exact) mass is 159 g/mol. The SMILES string of the molecule is O=[N+]([O-])CC[SH]1C=CC=C1. The Morgan fingerprint density at radius 1 is 1.40 bits per heavy atom. The van der Waals surface area contributed by atoms with E-state index in [0.29, 0.717) is 5.75 Å². The van der Waals surface area contributed by atoms with E-state index in [-0.39, 0.29) is 22.4 Å². The smallest absolute Gasteiger partial charge is 0.211 e. The maximum Gasteiger partial charge on any atom is 0.211 e. The number of hydrogen-bond acceptors (Lipinski definition) is 2. The zero-order valence-corrected chi connectivity index (χ0v) is 6.33. The van der Waals surface area contributed by atoms with Crippen LogP contribution < -0.4 is 0 Å². The van der Waals surface area contributed by atoms with Crippen LogP contribution in [0, 0.1) is 10.1 Å². The normalized spacial score (nSPS) is 18.2. The second kappa shape index (κ2) is 3.41. The second-order valence-corrected chi connectivity index (χ2v) is 4.05. The molecule has 1 heterocycles. The molecule has 1 aliphatic rings. The third-order valence-electron chi connectivity index (χ3n) is 1.21. The Labute approximate surface area is 61.9 Å². The molecular weight excluding hydrogens is 150 g/mol. The molecule has 0 N–H and O–H groups in total. The molecule has 0 aromatic carbocycles. The number of rotatable bonds is 3. The molecule has 0 atom stereocenters. The molecule has 0 unspecified atom stereocenters. The molecule has 0 radical (unpaired) electrons. The van der Waals surface area contributed by atoms with Crippen LogP contribution in [0.1, 0.15) is 0 Å². The fraction of sp³-hybridized carbons (Fsp3) is 0.333. The van der Waals surface area contributed by atoms with Gasteiger partial charge in [-0.25, -0.2) is 10.9 Å². The van der Waals surface area contributed by atoms with E-state index in [1.165, 1.54) is 0 Å². The summed E-state index contributed by atoms with van der Waals surface area (Å²) in [7, 11) is -0.280. The molecule has 4 heteroatoms. The van der Waals surface area contributed by atoms with Crippen molar-refractivity contribution in [2.24, 2.45) is 0 Å². The van der Waals surface area contributed by atoms with Gasteiger partial charge >= 0.3 is 0 Å². The number of thiol groups is 1. The molecule has 0 aromatic heterocycles. The quantitative estimate of drug-likeness (QED) is 0.383. The van der Waals surface area contributed by atoms with Gasteiger partial charge in [0.05, 0.1) is 0 Å². The molecule has 0 spiro atoms. The lowest BCUT2D eigenvalue weighted by Gasteiger charge is -2.03. The van der Waals surface area contributed by atoms with E-state index in [1.807, 2.05) is 23.0 Å². The first-order valence-corrected chi connectivity index (χ1v) is 4.68. The third-order valence-corrected chi connectivity index (χ3v) is 3.03. The summed E-state index contributed by atoms with van der Waals surface area (Å²) >= 11 is 0.